The molecule has 20 heavy (non-hydrogen) atoms. The summed E-state index contributed by atoms with van der Waals surface area (Å²) in [5.41, 5.74) is 7.70. The molecule has 0 saturated carbocycles. The Morgan fingerprint density at radius 1 is 0.950 bits per heavy atom. The van der Waals surface area contributed by atoms with E-state index >= 15 is 0 Å². The van der Waals surface area contributed by atoms with Gasteiger partial charge in [0.15, 0.2) is 0 Å². The Bertz CT molecular complexity index is 718. The summed E-state index contributed by atoms with van der Waals surface area (Å²) in [4.78, 5) is 0. The zero-order valence-electron chi connectivity index (χ0n) is 12.4. The number of allylic oxidation sites excluding steroid dienone is 3. The van der Waals surface area contributed by atoms with Crippen molar-refractivity contribution in [3.8, 4) is 11.1 Å². The fourth-order valence-corrected chi connectivity index (χ4v) is 3.31. The second kappa shape index (κ2) is 4.49. The highest BCUT2D eigenvalue weighted by Gasteiger charge is 2.38. The van der Waals surface area contributed by atoms with E-state index in [2.05, 4.69) is 82.0 Å². The fraction of sp³-hybridized carbons (Fsp3) is 0.200. The maximum atomic E-state index is 4.44. The molecule has 0 nitrogen and oxygen atoms in total. The van der Waals surface area contributed by atoms with Gasteiger partial charge in [-0.3, -0.25) is 0 Å². The molecule has 1 aliphatic rings. The van der Waals surface area contributed by atoms with Crippen LogP contribution in [0.15, 0.2) is 66.8 Å². The Hall–Kier alpha value is -2.08. The first-order valence-corrected chi connectivity index (χ1v) is 7.12. The molecule has 0 heterocycles. The SMILES string of the molecule is C=C1c2ccccc2-c2ccccc2C1(C)/C(C)=C\C. The van der Waals surface area contributed by atoms with Crippen molar-refractivity contribution in [3.63, 3.8) is 0 Å². The second-order valence-corrected chi connectivity index (χ2v) is 5.67. The van der Waals surface area contributed by atoms with Crippen molar-refractivity contribution in [1.29, 1.82) is 0 Å². The number of hydrogen-bond acceptors (Lipinski definition) is 0. The topological polar surface area (TPSA) is 0 Å². The average molecular weight is 260 g/mol. The molecule has 3 rings (SSSR count). The van der Waals surface area contributed by atoms with Crippen LogP contribution in [0.25, 0.3) is 16.7 Å². The van der Waals surface area contributed by atoms with Gasteiger partial charge in [0.2, 0.25) is 0 Å². The molecule has 1 unspecified atom stereocenters. The molecule has 0 spiro atoms. The first-order chi connectivity index (χ1) is 9.60. The van der Waals surface area contributed by atoms with Gasteiger partial charge in [-0.1, -0.05) is 66.8 Å². The second-order valence-electron chi connectivity index (χ2n) is 5.67. The van der Waals surface area contributed by atoms with Crippen molar-refractivity contribution < 1.29 is 0 Å². The normalized spacial score (nSPS) is 21.4. The maximum Gasteiger partial charge on any atom is 0.0386 e. The van der Waals surface area contributed by atoms with Crippen LogP contribution < -0.4 is 0 Å². The highest BCUT2D eigenvalue weighted by atomic mass is 14.4. The van der Waals surface area contributed by atoms with E-state index in [1.807, 2.05) is 0 Å². The van der Waals surface area contributed by atoms with Crippen LogP contribution in [0, 0.1) is 0 Å². The third-order valence-corrected chi connectivity index (χ3v) is 4.83. The monoisotopic (exact) mass is 260 g/mol. The molecular formula is C20H20. The number of fused-ring (bicyclic) bond motifs is 3. The molecule has 0 aliphatic heterocycles. The van der Waals surface area contributed by atoms with E-state index in [4.69, 9.17) is 0 Å². The zero-order chi connectivity index (χ0) is 14.3. The molecule has 1 atom stereocenters. The molecule has 1 aliphatic carbocycles. The van der Waals surface area contributed by atoms with Gasteiger partial charge in [0.05, 0.1) is 0 Å². The first-order valence-electron chi connectivity index (χ1n) is 7.12. The van der Waals surface area contributed by atoms with Gasteiger partial charge in [-0.05, 0) is 48.6 Å². The molecule has 2 aromatic rings. The molecule has 0 saturated heterocycles. The molecular weight excluding hydrogens is 240 g/mol. The Kier molecular flexibility index (Phi) is 2.90. The molecule has 0 aromatic heterocycles. The molecule has 0 fully saturated rings. The lowest BCUT2D eigenvalue weighted by Gasteiger charge is -2.40. The number of rotatable bonds is 1. The van der Waals surface area contributed by atoms with Crippen LogP contribution >= 0.6 is 0 Å². The van der Waals surface area contributed by atoms with E-state index in [1.54, 1.807) is 0 Å². The highest BCUT2D eigenvalue weighted by molar-refractivity contribution is 5.93. The lowest BCUT2D eigenvalue weighted by Crippen LogP contribution is -2.29. The van der Waals surface area contributed by atoms with E-state index in [1.165, 1.54) is 33.4 Å². The van der Waals surface area contributed by atoms with Crippen LogP contribution in [0.2, 0.25) is 0 Å². The summed E-state index contributed by atoms with van der Waals surface area (Å²) in [6.07, 6.45) is 2.20. The van der Waals surface area contributed by atoms with Crippen molar-refractivity contribution >= 4 is 5.57 Å². The minimum Gasteiger partial charge on any atom is -0.0940 e. The first kappa shape index (κ1) is 12.9. The van der Waals surface area contributed by atoms with Crippen LogP contribution in [0.5, 0.6) is 0 Å². The maximum absolute atomic E-state index is 4.44. The van der Waals surface area contributed by atoms with E-state index < -0.39 is 0 Å². The average Bonchev–Trinajstić information content (AvgIpc) is 2.51. The van der Waals surface area contributed by atoms with Gasteiger partial charge in [-0.25, -0.2) is 0 Å². The van der Waals surface area contributed by atoms with E-state index in [0.29, 0.717) is 0 Å². The van der Waals surface area contributed by atoms with Crippen LogP contribution in [0.3, 0.4) is 0 Å². The van der Waals surface area contributed by atoms with Crippen molar-refractivity contribution in [2.24, 2.45) is 0 Å². The lowest BCUT2D eigenvalue weighted by molar-refractivity contribution is 0.721. The van der Waals surface area contributed by atoms with Crippen molar-refractivity contribution in [2.75, 3.05) is 0 Å². The van der Waals surface area contributed by atoms with Crippen LogP contribution in [-0.2, 0) is 5.41 Å². The molecule has 0 radical (unpaired) electrons. The Balaban J connectivity index is 2.41. The van der Waals surface area contributed by atoms with Crippen molar-refractivity contribution in [2.45, 2.75) is 26.2 Å². The Morgan fingerprint density at radius 2 is 1.50 bits per heavy atom. The summed E-state index contributed by atoms with van der Waals surface area (Å²) in [5, 5.41) is 0. The largest absolute Gasteiger partial charge is 0.0940 e. The van der Waals surface area contributed by atoms with Crippen molar-refractivity contribution in [1.82, 2.24) is 0 Å². The third kappa shape index (κ3) is 1.54. The number of hydrogen-bond donors (Lipinski definition) is 0. The Morgan fingerprint density at radius 3 is 2.15 bits per heavy atom. The smallest absolute Gasteiger partial charge is 0.0386 e. The molecule has 0 heteroatoms. The lowest BCUT2D eigenvalue weighted by atomic mass is 9.63. The predicted octanol–water partition coefficient (Wildman–Crippen LogP) is 5.60. The van der Waals surface area contributed by atoms with Gasteiger partial charge in [-0.2, -0.15) is 0 Å². The molecule has 100 valence electrons. The summed E-state index contributed by atoms with van der Waals surface area (Å²) in [7, 11) is 0. The Labute approximate surface area is 121 Å². The van der Waals surface area contributed by atoms with Gasteiger partial charge in [0.25, 0.3) is 0 Å². The zero-order valence-corrected chi connectivity index (χ0v) is 12.4. The number of benzene rings is 2. The minimum atomic E-state index is -0.111. The summed E-state index contributed by atoms with van der Waals surface area (Å²) < 4.78 is 0. The van der Waals surface area contributed by atoms with Gasteiger partial charge in [0, 0.05) is 5.41 Å². The van der Waals surface area contributed by atoms with E-state index in [-0.39, 0.29) is 5.41 Å². The molecule has 0 bridgehead atoms. The van der Waals surface area contributed by atoms with E-state index in [9.17, 15) is 0 Å². The highest BCUT2D eigenvalue weighted by Crippen LogP contribution is 2.52. The standard InChI is InChI=1S/C20H20/c1-5-14(2)20(4)15(3)16-10-6-7-11-17(16)18-12-8-9-13-19(18)20/h5-13H,3H2,1-2,4H3/b14-5-. The van der Waals surface area contributed by atoms with Crippen LogP contribution in [0.1, 0.15) is 31.9 Å². The summed E-state index contributed by atoms with van der Waals surface area (Å²) >= 11 is 0. The van der Waals surface area contributed by atoms with Gasteiger partial charge >= 0.3 is 0 Å². The summed E-state index contributed by atoms with van der Waals surface area (Å²) in [5.74, 6) is 0. The summed E-state index contributed by atoms with van der Waals surface area (Å²) in [6, 6.07) is 17.3. The molecule has 0 N–H and O–H groups in total. The van der Waals surface area contributed by atoms with Gasteiger partial charge in [0.1, 0.15) is 0 Å². The van der Waals surface area contributed by atoms with Crippen molar-refractivity contribution in [3.05, 3.63) is 77.9 Å². The van der Waals surface area contributed by atoms with E-state index in [0.717, 1.165) is 0 Å². The minimum absolute atomic E-state index is 0.111. The predicted molar refractivity (Wildman–Crippen MR) is 87.7 cm³/mol. The summed E-state index contributed by atoms with van der Waals surface area (Å²) in [6.45, 7) is 11.0. The van der Waals surface area contributed by atoms with Crippen LogP contribution in [0.4, 0.5) is 0 Å². The molecule has 2 aromatic carbocycles. The fourth-order valence-electron chi connectivity index (χ4n) is 3.31. The molecule has 0 amide bonds. The third-order valence-electron chi connectivity index (χ3n) is 4.83. The van der Waals surface area contributed by atoms with Gasteiger partial charge < -0.3 is 0 Å². The van der Waals surface area contributed by atoms with Crippen LogP contribution in [-0.4, -0.2) is 0 Å². The van der Waals surface area contributed by atoms with Gasteiger partial charge in [-0.15, -0.1) is 0 Å². The quantitative estimate of drug-likeness (QED) is 0.585.